The molecule has 148 valence electrons. The second-order valence-electron chi connectivity index (χ2n) is 8.52. The number of carbonyl (C=O) groups excluding carboxylic acids is 1. The maximum atomic E-state index is 13.1. The van der Waals surface area contributed by atoms with E-state index in [1.54, 1.807) is 18.2 Å². The predicted octanol–water partition coefficient (Wildman–Crippen LogP) is 5.89. The molecule has 2 atom stereocenters. The second kappa shape index (κ2) is 7.12. The van der Waals surface area contributed by atoms with Gasteiger partial charge in [0.25, 0.3) is 0 Å². The molecule has 2 aromatic rings. The average molecular weight is 419 g/mol. The quantitative estimate of drug-likeness (QED) is 0.638. The molecular formula is C21H24Cl2N4O. The zero-order valence-electron chi connectivity index (χ0n) is 16.2. The molecule has 28 heavy (non-hydrogen) atoms. The van der Waals surface area contributed by atoms with Crippen molar-refractivity contribution >= 4 is 40.7 Å². The SMILES string of the molecule is CC(C)(C)Nc1nccc2c1C[C@H]1CC[C@@H]2N1C(=O)Nc1ccc(Cl)c(Cl)c1. The van der Waals surface area contributed by atoms with E-state index in [4.69, 9.17) is 23.2 Å². The number of pyridine rings is 1. The number of halogens is 2. The molecule has 5 nitrogen and oxygen atoms in total. The van der Waals surface area contributed by atoms with Gasteiger partial charge in [0.05, 0.1) is 16.1 Å². The molecule has 0 aliphatic carbocycles. The molecule has 2 amide bonds. The van der Waals surface area contributed by atoms with E-state index in [1.165, 1.54) is 11.1 Å². The number of urea groups is 1. The van der Waals surface area contributed by atoms with Crippen molar-refractivity contribution in [2.75, 3.05) is 10.6 Å². The Balaban J connectivity index is 1.60. The lowest BCUT2D eigenvalue weighted by Crippen LogP contribution is -2.44. The number of carbonyl (C=O) groups is 1. The van der Waals surface area contributed by atoms with E-state index >= 15 is 0 Å². The molecule has 2 aliphatic heterocycles. The summed E-state index contributed by atoms with van der Waals surface area (Å²) in [6, 6.07) is 7.33. The van der Waals surface area contributed by atoms with Gasteiger partial charge in [-0.15, -0.1) is 0 Å². The van der Waals surface area contributed by atoms with Gasteiger partial charge in [-0.2, -0.15) is 0 Å². The fourth-order valence-corrected chi connectivity index (χ4v) is 4.49. The summed E-state index contributed by atoms with van der Waals surface area (Å²) in [5, 5.41) is 7.39. The van der Waals surface area contributed by atoms with Gasteiger partial charge in [0.15, 0.2) is 0 Å². The Morgan fingerprint density at radius 1 is 1.18 bits per heavy atom. The number of nitrogens with zero attached hydrogens (tertiary/aromatic N) is 2. The van der Waals surface area contributed by atoms with Crippen LogP contribution in [-0.4, -0.2) is 27.5 Å². The molecule has 1 aromatic carbocycles. The number of rotatable bonds is 2. The zero-order valence-corrected chi connectivity index (χ0v) is 17.7. The largest absolute Gasteiger partial charge is 0.365 e. The van der Waals surface area contributed by atoms with Gasteiger partial charge in [-0.25, -0.2) is 9.78 Å². The minimum atomic E-state index is -0.0984. The van der Waals surface area contributed by atoms with E-state index in [2.05, 4.69) is 42.5 Å². The van der Waals surface area contributed by atoms with E-state index in [-0.39, 0.29) is 23.7 Å². The maximum absolute atomic E-state index is 13.1. The van der Waals surface area contributed by atoms with Crippen molar-refractivity contribution in [3.63, 3.8) is 0 Å². The fraction of sp³-hybridized carbons (Fsp3) is 0.429. The first-order valence-corrected chi connectivity index (χ1v) is 10.3. The van der Waals surface area contributed by atoms with Crippen LogP contribution in [0.1, 0.15) is 50.8 Å². The third-order valence-electron chi connectivity index (χ3n) is 5.29. The molecule has 2 N–H and O–H groups in total. The highest BCUT2D eigenvalue weighted by Crippen LogP contribution is 2.45. The molecule has 0 radical (unpaired) electrons. The first-order chi connectivity index (χ1) is 13.2. The van der Waals surface area contributed by atoms with Crippen LogP contribution in [-0.2, 0) is 6.42 Å². The number of nitrogens with one attached hydrogen (secondary N) is 2. The summed E-state index contributed by atoms with van der Waals surface area (Å²) in [6.07, 6.45) is 4.60. The van der Waals surface area contributed by atoms with E-state index in [0.717, 1.165) is 25.1 Å². The topological polar surface area (TPSA) is 57.3 Å². The average Bonchev–Trinajstić information content (AvgIpc) is 2.93. The van der Waals surface area contributed by atoms with Crippen LogP contribution < -0.4 is 10.6 Å². The van der Waals surface area contributed by atoms with Crippen LogP contribution in [0, 0.1) is 0 Å². The lowest BCUT2D eigenvalue weighted by atomic mass is 9.93. The molecule has 3 heterocycles. The first-order valence-electron chi connectivity index (χ1n) is 9.53. The molecular weight excluding hydrogens is 395 g/mol. The summed E-state index contributed by atoms with van der Waals surface area (Å²) in [5.41, 5.74) is 3.02. The highest BCUT2D eigenvalue weighted by atomic mass is 35.5. The van der Waals surface area contributed by atoms with Crippen molar-refractivity contribution < 1.29 is 4.79 Å². The Morgan fingerprint density at radius 3 is 2.68 bits per heavy atom. The van der Waals surface area contributed by atoms with E-state index in [0.29, 0.717) is 15.7 Å². The highest BCUT2D eigenvalue weighted by Gasteiger charge is 2.43. The highest BCUT2D eigenvalue weighted by molar-refractivity contribution is 6.42. The van der Waals surface area contributed by atoms with E-state index in [1.807, 2.05) is 11.1 Å². The van der Waals surface area contributed by atoms with Crippen LogP contribution in [0.4, 0.5) is 16.3 Å². The number of benzene rings is 1. The molecule has 0 saturated carbocycles. The molecule has 0 unspecified atom stereocenters. The van der Waals surface area contributed by atoms with Gasteiger partial charge in [0, 0.05) is 29.0 Å². The first kappa shape index (κ1) is 19.3. The number of aromatic nitrogens is 1. The Labute approximate surface area is 175 Å². The van der Waals surface area contributed by atoms with Gasteiger partial charge in [-0.3, -0.25) is 0 Å². The molecule has 7 heteroatoms. The number of hydrogen-bond acceptors (Lipinski definition) is 3. The Hall–Kier alpha value is -1.98. The number of hydrogen-bond donors (Lipinski definition) is 2. The van der Waals surface area contributed by atoms with Crippen molar-refractivity contribution in [3.8, 4) is 0 Å². The monoisotopic (exact) mass is 418 g/mol. The molecule has 1 aromatic heterocycles. The van der Waals surface area contributed by atoms with Crippen LogP contribution >= 0.6 is 23.2 Å². The van der Waals surface area contributed by atoms with Crippen LogP contribution in [0.5, 0.6) is 0 Å². The normalized spacial score (nSPS) is 20.7. The summed E-state index contributed by atoms with van der Waals surface area (Å²) in [4.78, 5) is 19.6. The van der Waals surface area contributed by atoms with Gasteiger partial charge in [-0.05, 0) is 69.9 Å². The van der Waals surface area contributed by atoms with Crippen LogP contribution in [0.3, 0.4) is 0 Å². The minimum Gasteiger partial charge on any atom is -0.365 e. The summed E-state index contributed by atoms with van der Waals surface area (Å²) < 4.78 is 0. The third kappa shape index (κ3) is 3.65. The van der Waals surface area contributed by atoms with Crippen LogP contribution in [0.15, 0.2) is 30.5 Å². The fourth-order valence-electron chi connectivity index (χ4n) is 4.19. The Bertz CT molecular complexity index is 925. The summed E-state index contributed by atoms with van der Waals surface area (Å²) in [7, 11) is 0. The molecule has 2 aliphatic rings. The molecule has 1 saturated heterocycles. The molecule has 4 rings (SSSR count). The second-order valence-corrected chi connectivity index (χ2v) is 9.33. The van der Waals surface area contributed by atoms with Gasteiger partial charge in [0.1, 0.15) is 5.82 Å². The lowest BCUT2D eigenvalue weighted by Gasteiger charge is -2.37. The number of fused-ring (bicyclic) bond motifs is 4. The Morgan fingerprint density at radius 2 is 1.96 bits per heavy atom. The smallest absolute Gasteiger partial charge is 0.322 e. The van der Waals surface area contributed by atoms with Gasteiger partial charge >= 0.3 is 6.03 Å². The third-order valence-corrected chi connectivity index (χ3v) is 6.03. The van der Waals surface area contributed by atoms with E-state index in [9.17, 15) is 4.79 Å². The van der Waals surface area contributed by atoms with Crippen molar-refractivity contribution in [3.05, 3.63) is 51.6 Å². The summed E-state index contributed by atoms with van der Waals surface area (Å²) in [5.74, 6) is 0.937. The van der Waals surface area contributed by atoms with Crippen LogP contribution in [0.25, 0.3) is 0 Å². The van der Waals surface area contributed by atoms with Crippen molar-refractivity contribution in [2.45, 2.75) is 57.7 Å². The summed E-state index contributed by atoms with van der Waals surface area (Å²) in [6.45, 7) is 6.38. The van der Waals surface area contributed by atoms with Crippen molar-refractivity contribution in [1.29, 1.82) is 0 Å². The number of amides is 2. The van der Waals surface area contributed by atoms with Crippen molar-refractivity contribution in [1.82, 2.24) is 9.88 Å². The standard InChI is InChI=1S/C21H24Cl2N4O/c1-21(2,3)26-19-15-11-13-5-7-18(14(15)8-9-24-19)27(13)20(28)25-12-4-6-16(22)17(23)10-12/h4,6,8-10,13,18H,5,7,11H2,1-3H3,(H,24,26)(H,25,28)/t13-,18+/m1/s1. The molecule has 2 bridgehead atoms. The number of anilines is 2. The van der Waals surface area contributed by atoms with Gasteiger partial charge < -0.3 is 15.5 Å². The molecule has 0 spiro atoms. The van der Waals surface area contributed by atoms with Gasteiger partial charge in [0.2, 0.25) is 0 Å². The minimum absolute atomic E-state index is 0.0659. The predicted molar refractivity (Wildman–Crippen MR) is 114 cm³/mol. The molecule has 1 fully saturated rings. The zero-order chi connectivity index (χ0) is 20.1. The van der Waals surface area contributed by atoms with Crippen LogP contribution in [0.2, 0.25) is 10.0 Å². The van der Waals surface area contributed by atoms with Crippen molar-refractivity contribution in [2.24, 2.45) is 0 Å². The van der Waals surface area contributed by atoms with E-state index < -0.39 is 0 Å². The summed E-state index contributed by atoms with van der Waals surface area (Å²) >= 11 is 12.1. The lowest BCUT2D eigenvalue weighted by molar-refractivity contribution is 0.179. The maximum Gasteiger partial charge on any atom is 0.322 e. The Kier molecular flexibility index (Phi) is 4.92. The van der Waals surface area contributed by atoms with Gasteiger partial charge in [-0.1, -0.05) is 23.2 Å².